The van der Waals surface area contributed by atoms with E-state index >= 15 is 0 Å². The highest BCUT2D eigenvalue weighted by atomic mass is 19.1. The van der Waals surface area contributed by atoms with Crippen molar-refractivity contribution in [3.63, 3.8) is 0 Å². The van der Waals surface area contributed by atoms with Crippen LogP contribution in [-0.2, 0) is 9.47 Å². The number of rotatable bonds is 7. The largest absolute Gasteiger partial charge is 0.505 e. The Morgan fingerprint density at radius 1 is 1.16 bits per heavy atom. The SMILES string of the molecule is CC(C)(C)OC(=O)N1CC(C(C)(C)Oc2cc(-c3ccc(O)c(F)c3)cc(NC3CCCCO3)c2C=N)C1. The van der Waals surface area contributed by atoms with Crippen molar-refractivity contribution in [1.29, 1.82) is 5.41 Å². The van der Waals surface area contributed by atoms with E-state index in [0.29, 0.717) is 47.8 Å². The average Bonchev–Trinajstić information content (AvgIpc) is 2.78. The van der Waals surface area contributed by atoms with E-state index in [4.69, 9.17) is 19.6 Å². The fourth-order valence-corrected chi connectivity index (χ4v) is 4.62. The van der Waals surface area contributed by atoms with Gasteiger partial charge in [-0.2, -0.15) is 0 Å². The quantitative estimate of drug-likeness (QED) is 0.373. The van der Waals surface area contributed by atoms with Gasteiger partial charge >= 0.3 is 6.09 Å². The first kappa shape index (κ1) is 27.7. The number of aromatic hydroxyl groups is 1. The van der Waals surface area contributed by atoms with Gasteiger partial charge in [-0.1, -0.05) is 6.07 Å². The summed E-state index contributed by atoms with van der Waals surface area (Å²) in [6, 6.07) is 7.85. The maximum absolute atomic E-state index is 14.2. The van der Waals surface area contributed by atoms with Crippen molar-refractivity contribution in [2.24, 2.45) is 5.92 Å². The number of phenolic OH excluding ortho intramolecular Hbond substituents is 1. The number of carbonyl (C=O) groups excluding carboxylic acids is 1. The van der Waals surface area contributed by atoms with Gasteiger partial charge in [-0.3, -0.25) is 0 Å². The van der Waals surface area contributed by atoms with E-state index in [1.165, 1.54) is 18.3 Å². The second-order valence-electron chi connectivity index (χ2n) is 11.5. The average molecular weight is 528 g/mol. The smallest absolute Gasteiger partial charge is 0.410 e. The zero-order valence-electron chi connectivity index (χ0n) is 22.8. The number of amides is 1. The molecule has 0 spiro atoms. The summed E-state index contributed by atoms with van der Waals surface area (Å²) < 4.78 is 32.1. The maximum atomic E-state index is 14.2. The van der Waals surface area contributed by atoms with Crippen LogP contribution in [0.2, 0.25) is 0 Å². The minimum Gasteiger partial charge on any atom is -0.505 e. The highest BCUT2D eigenvalue weighted by Crippen LogP contribution is 2.39. The molecule has 0 saturated carbocycles. The van der Waals surface area contributed by atoms with E-state index in [0.717, 1.165) is 19.3 Å². The number of hydrogen-bond acceptors (Lipinski definition) is 7. The lowest BCUT2D eigenvalue weighted by molar-refractivity contribution is -0.0549. The first-order chi connectivity index (χ1) is 17.9. The van der Waals surface area contributed by atoms with Crippen LogP contribution < -0.4 is 10.1 Å². The molecule has 0 bridgehead atoms. The van der Waals surface area contributed by atoms with Gasteiger partial charge in [0.05, 0.1) is 5.56 Å². The Balaban J connectivity index is 1.62. The number of carbonyl (C=O) groups is 1. The van der Waals surface area contributed by atoms with Gasteiger partial charge in [0.25, 0.3) is 0 Å². The highest BCUT2D eigenvalue weighted by molar-refractivity contribution is 5.92. The van der Waals surface area contributed by atoms with Crippen LogP contribution in [0.4, 0.5) is 14.9 Å². The van der Waals surface area contributed by atoms with Crippen molar-refractivity contribution in [3.05, 3.63) is 41.7 Å². The van der Waals surface area contributed by atoms with Gasteiger partial charge in [0.2, 0.25) is 0 Å². The number of likely N-dealkylation sites (tertiary alicyclic amines) is 1. The topological polar surface area (TPSA) is 104 Å². The number of hydrogen-bond donors (Lipinski definition) is 3. The highest BCUT2D eigenvalue weighted by Gasteiger charge is 2.44. The lowest BCUT2D eigenvalue weighted by Gasteiger charge is -2.47. The number of phenols is 1. The predicted octanol–water partition coefficient (Wildman–Crippen LogP) is 6.16. The van der Waals surface area contributed by atoms with E-state index < -0.39 is 22.8 Å². The molecule has 9 heteroatoms. The zero-order chi connectivity index (χ0) is 27.7. The third-order valence-electron chi connectivity index (χ3n) is 6.95. The Morgan fingerprint density at radius 3 is 2.50 bits per heavy atom. The minimum absolute atomic E-state index is 0.0430. The number of ether oxygens (including phenoxy) is 3. The molecule has 1 unspecified atom stereocenters. The molecule has 2 aromatic rings. The Labute approximate surface area is 223 Å². The summed E-state index contributed by atoms with van der Waals surface area (Å²) in [6.45, 7) is 11.1. The summed E-state index contributed by atoms with van der Waals surface area (Å²) in [4.78, 5) is 14.1. The summed E-state index contributed by atoms with van der Waals surface area (Å²) in [6.07, 6.45) is 3.56. The third kappa shape index (κ3) is 6.38. The van der Waals surface area contributed by atoms with Gasteiger partial charge in [0.15, 0.2) is 11.6 Å². The second kappa shape index (κ2) is 10.8. The van der Waals surface area contributed by atoms with Crippen LogP contribution in [-0.4, -0.2) is 59.4 Å². The van der Waals surface area contributed by atoms with E-state index in [2.05, 4.69) is 5.32 Å². The first-order valence-electron chi connectivity index (χ1n) is 13.1. The fourth-order valence-electron chi connectivity index (χ4n) is 4.62. The van der Waals surface area contributed by atoms with Crippen LogP contribution in [0.3, 0.4) is 0 Å². The van der Waals surface area contributed by atoms with Crippen LogP contribution >= 0.6 is 0 Å². The lowest BCUT2D eigenvalue weighted by Crippen LogP contribution is -2.60. The number of anilines is 1. The molecule has 0 aliphatic carbocycles. The van der Waals surface area contributed by atoms with Crippen molar-refractivity contribution in [1.82, 2.24) is 4.90 Å². The second-order valence-corrected chi connectivity index (χ2v) is 11.5. The summed E-state index contributed by atoms with van der Waals surface area (Å²) in [5.74, 6) is -0.634. The third-order valence-corrected chi connectivity index (χ3v) is 6.95. The van der Waals surface area contributed by atoms with Gasteiger partial charge in [0, 0.05) is 37.5 Å². The molecule has 1 amide bonds. The molecule has 0 aromatic heterocycles. The van der Waals surface area contributed by atoms with E-state index in [1.807, 2.05) is 40.7 Å². The van der Waals surface area contributed by atoms with E-state index in [-0.39, 0.29) is 18.2 Å². The van der Waals surface area contributed by atoms with Gasteiger partial charge in [0.1, 0.15) is 23.2 Å². The molecule has 2 saturated heterocycles. The Hall–Kier alpha value is -3.33. The van der Waals surface area contributed by atoms with E-state index in [1.54, 1.807) is 17.0 Å². The van der Waals surface area contributed by atoms with Crippen LogP contribution in [0.15, 0.2) is 30.3 Å². The van der Waals surface area contributed by atoms with Gasteiger partial charge in [-0.05, 0) is 89.3 Å². The standard InChI is InChI=1S/C29H38FN3O5/c1-28(2,3)38-27(35)33-16-20(17-33)29(4,5)37-25-14-19(18-9-10-24(34)22(30)12-18)13-23(21(25)15-31)32-26-8-6-7-11-36-26/h9-10,12-15,20,26,31-32,34H,6-8,11,16-17H2,1-5H3. The molecule has 8 nitrogen and oxygen atoms in total. The Bertz CT molecular complexity index is 1180. The number of nitrogens with one attached hydrogen (secondary N) is 2. The molecule has 2 aliphatic rings. The van der Waals surface area contributed by atoms with Crippen molar-refractivity contribution in [2.75, 3.05) is 25.0 Å². The molecule has 2 aromatic carbocycles. The minimum atomic E-state index is -0.719. The summed E-state index contributed by atoms with van der Waals surface area (Å²) >= 11 is 0. The lowest BCUT2D eigenvalue weighted by atomic mass is 9.84. The number of halogens is 1. The van der Waals surface area contributed by atoms with Crippen LogP contribution in [0.5, 0.6) is 11.5 Å². The van der Waals surface area contributed by atoms with Crippen LogP contribution in [0.1, 0.15) is 59.4 Å². The predicted molar refractivity (Wildman–Crippen MR) is 145 cm³/mol. The molecule has 206 valence electrons. The van der Waals surface area contributed by atoms with Gasteiger partial charge in [-0.25, -0.2) is 9.18 Å². The van der Waals surface area contributed by atoms with Crippen molar-refractivity contribution in [2.45, 2.75) is 71.3 Å². The fraction of sp³-hybridized carbons (Fsp3) is 0.517. The summed E-state index contributed by atoms with van der Waals surface area (Å²) in [7, 11) is 0. The molecule has 38 heavy (non-hydrogen) atoms. The van der Waals surface area contributed by atoms with Crippen LogP contribution in [0, 0.1) is 17.1 Å². The molecular weight excluding hydrogens is 489 g/mol. The molecule has 3 N–H and O–H groups in total. The van der Waals surface area contributed by atoms with E-state index in [9.17, 15) is 14.3 Å². The van der Waals surface area contributed by atoms with Gasteiger partial charge in [-0.15, -0.1) is 0 Å². The monoisotopic (exact) mass is 527 g/mol. The van der Waals surface area contributed by atoms with Gasteiger partial charge < -0.3 is 34.9 Å². The molecule has 0 radical (unpaired) electrons. The zero-order valence-corrected chi connectivity index (χ0v) is 22.8. The number of nitrogens with zero attached hydrogens (tertiary/aromatic N) is 1. The first-order valence-corrected chi connectivity index (χ1v) is 13.1. The Kier molecular flexibility index (Phi) is 7.88. The van der Waals surface area contributed by atoms with Crippen molar-refractivity contribution in [3.8, 4) is 22.6 Å². The maximum Gasteiger partial charge on any atom is 0.410 e. The van der Waals surface area contributed by atoms with Crippen molar-refractivity contribution >= 4 is 18.0 Å². The Morgan fingerprint density at radius 2 is 1.89 bits per heavy atom. The molecule has 1 atom stereocenters. The molecule has 4 rings (SSSR count). The molecular formula is C29H38FN3O5. The summed E-state index contributed by atoms with van der Waals surface area (Å²) in [5.41, 5.74) is 1.20. The van der Waals surface area contributed by atoms with Crippen LogP contribution in [0.25, 0.3) is 11.1 Å². The number of benzene rings is 2. The summed E-state index contributed by atoms with van der Waals surface area (Å²) in [5, 5.41) is 21.2. The normalized spacial score (nSPS) is 18.5. The molecule has 2 aliphatic heterocycles. The molecule has 2 fully saturated rings. The van der Waals surface area contributed by atoms with Crippen molar-refractivity contribution < 1.29 is 28.5 Å². The molecule has 2 heterocycles.